The van der Waals surface area contributed by atoms with Crippen LogP contribution in [0.25, 0.3) is 0 Å². The number of ether oxygens (including phenoxy) is 1. The van der Waals surface area contributed by atoms with Crippen LogP contribution in [0.4, 0.5) is 0 Å². The van der Waals surface area contributed by atoms with Crippen LogP contribution in [-0.2, 0) is 0 Å². The number of nitrogens with zero attached hydrogens (tertiary/aromatic N) is 2. The summed E-state index contributed by atoms with van der Waals surface area (Å²) >= 11 is 0. The van der Waals surface area contributed by atoms with E-state index in [2.05, 4.69) is 5.10 Å². The highest BCUT2D eigenvalue weighted by molar-refractivity contribution is 5.97. The third-order valence-electron chi connectivity index (χ3n) is 2.51. The van der Waals surface area contributed by atoms with Crippen LogP contribution in [0.5, 0.6) is 11.5 Å². The Morgan fingerprint density at radius 3 is 2.72 bits per heavy atom. The molecule has 0 saturated heterocycles. The highest BCUT2D eigenvalue weighted by atomic mass is 16.5. The first-order valence-electron chi connectivity index (χ1n) is 5.73. The molecule has 3 N–H and O–H groups in total. The van der Waals surface area contributed by atoms with Crippen LogP contribution >= 0.6 is 0 Å². The number of para-hydroxylation sites is 1. The molecule has 0 aliphatic rings. The molecule has 0 bridgehead atoms. The Labute approximate surface area is 106 Å². The number of aromatic nitrogens is 2. The van der Waals surface area contributed by atoms with Crippen molar-refractivity contribution in [1.82, 2.24) is 9.78 Å². The smallest absolute Gasteiger partial charge is 0.165 e. The Bertz CT molecular complexity index is 560. The van der Waals surface area contributed by atoms with Gasteiger partial charge in [-0.3, -0.25) is 10.1 Å². The molecule has 1 heterocycles. The zero-order chi connectivity index (χ0) is 13.1. The van der Waals surface area contributed by atoms with Gasteiger partial charge in [-0.15, -0.1) is 0 Å². The lowest BCUT2D eigenvalue weighted by molar-refractivity contribution is 0.476. The third kappa shape index (κ3) is 2.51. The maximum Gasteiger partial charge on any atom is 0.165 e. The molecule has 0 aliphatic heterocycles. The molecule has 94 valence electrons. The predicted octanol–water partition coefficient (Wildman–Crippen LogP) is 2.54. The Hall–Kier alpha value is -2.30. The van der Waals surface area contributed by atoms with Crippen LogP contribution in [0.15, 0.2) is 36.7 Å². The quantitative estimate of drug-likeness (QED) is 0.641. The van der Waals surface area contributed by atoms with Gasteiger partial charge in [-0.05, 0) is 26.0 Å². The van der Waals surface area contributed by atoms with E-state index < -0.39 is 0 Å². The van der Waals surface area contributed by atoms with E-state index in [9.17, 15) is 0 Å². The summed E-state index contributed by atoms with van der Waals surface area (Å²) < 4.78 is 7.51. The second-order valence-electron chi connectivity index (χ2n) is 4.26. The summed E-state index contributed by atoms with van der Waals surface area (Å²) in [6, 6.07) is 7.48. The molecular weight excluding hydrogens is 228 g/mol. The molecular formula is C13H16N4O. The van der Waals surface area contributed by atoms with E-state index in [1.807, 2.05) is 36.9 Å². The summed E-state index contributed by atoms with van der Waals surface area (Å²) in [5.74, 6) is 1.19. The molecule has 0 unspecified atom stereocenters. The molecule has 1 aromatic heterocycles. The number of rotatable bonds is 4. The maximum atomic E-state index is 7.49. The fourth-order valence-electron chi connectivity index (χ4n) is 1.56. The average molecular weight is 244 g/mol. The highest BCUT2D eigenvalue weighted by Crippen LogP contribution is 2.25. The first-order valence-corrected chi connectivity index (χ1v) is 5.73. The molecule has 2 aromatic rings. The first kappa shape index (κ1) is 12.2. The van der Waals surface area contributed by atoms with Gasteiger partial charge in [-0.2, -0.15) is 5.10 Å². The topological polar surface area (TPSA) is 76.9 Å². The molecule has 0 radical (unpaired) electrons. The van der Waals surface area contributed by atoms with Crippen molar-refractivity contribution in [3.63, 3.8) is 0 Å². The number of nitrogens with one attached hydrogen (secondary N) is 1. The summed E-state index contributed by atoms with van der Waals surface area (Å²) in [4.78, 5) is 0. The molecule has 5 nitrogen and oxygen atoms in total. The lowest BCUT2D eigenvalue weighted by Gasteiger charge is -2.08. The van der Waals surface area contributed by atoms with Gasteiger partial charge in [0.15, 0.2) is 5.75 Å². The molecule has 0 saturated carbocycles. The third-order valence-corrected chi connectivity index (χ3v) is 2.51. The fourth-order valence-corrected chi connectivity index (χ4v) is 1.56. The van der Waals surface area contributed by atoms with Crippen LogP contribution in [-0.4, -0.2) is 15.6 Å². The van der Waals surface area contributed by atoms with E-state index in [1.165, 1.54) is 0 Å². The van der Waals surface area contributed by atoms with E-state index in [-0.39, 0.29) is 11.9 Å². The molecule has 0 amide bonds. The van der Waals surface area contributed by atoms with Crippen LogP contribution < -0.4 is 10.5 Å². The molecule has 0 spiro atoms. The Morgan fingerprint density at radius 2 is 2.11 bits per heavy atom. The monoisotopic (exact) mass is 244 g/mol. The minimum absolute atomic E-state index is 0.0122. The van der Waals surface area contributed by atoms with Crippen LogP contribution in [0, 0.1) is 5.41 Å². The largest absolute Gasteiger partial charge is 0.453 e. The minimum Gasteiger partial charge on any atom is -0.453 e. The van der Waals surface area contributed by atoms with E-state index in [0.717, 1.165) is 0 Å². The summed E-state index contributed by atoms with van der Waals surface area (Å²) in [5.41, 5.74) is 6.08. The predicted molar refractivity (Wildman–Crippen MR) is 70.1 cm³/mol. The lowest BCUT2D eigenvalue weighted by atomic mass is 10.2. The number of hydrogen-bond acceptors (Lipinski definition) is 3. The fraction of sp³-hybridized carbons (Fsp3) is 0.231. The van der Waals surface area contributed by atoms with Gasteiger partial charge in [0.2, 0.25) is 0 Å². The van der Waals surface area contributed by atoms with Gasteiger partial charge in [0.05, 0.1) is 18.0 Å². The lowest BCUT2D eigenvalue weighted by Crippen LogP contribution is -2.12. The van der Waals surface area contributed by atoms with Crippen molar-refractivity contribution in [2.45, 2.75) is 19.9 Å². The van der Waals surface area contributed by atoms with E-state index in [0.29, 0.717) is 17.1 Å². The molecule has 1 aromatic carbocycles. The summed E-state index contributed by atoms with van der Waals surface area (Å²) in [6.45, 7) is 4.08. The molecule has 0 fully saturated rings. The summed E-state index contributed by atoms with van der Waals surface area (Å²) in [7, 11) is 0. The van der Waals surface area contributed by atoms with Crippen LogP contribution in [0.1, 0.15) is 25.5 Å². The van der Waals surface area contributed by atoms with E-state index in [1.54, 1.807) is 18.3 Å². The zero-order valence-electron chi connectivity index (χ0n) is 10.4. The summed E-state index contributed by atoms with van der Waals surface area (Å²) in [5, 5.41) is 11.7. The summed E-state index contributed by atoms with van der Waals surface area (Å²) in [6.07, 6.45) is 3.47. The highest BCUT2D eigenvalue weighted by Gasteiger charge is 2.08. The van der Waals surface area contributed by atoms with Gasteiger partial charge < -0.3 is 10.5 Å². The van der Waals surface area contributed by atoms with Gasteiger partial charge in [0.1, 0.15) is 11.6 Å². The van der Waals surface area contributed by atoms with Crippen molar-refractivity contribution in [3.8, 4) is 11.5 Å². The zero-order valence-corrected chi connectivity index (χ0v) is 10.4. The van der Waals surface area contributed by atoms with Gasteiger partial charge in [-0.1, -0.05) is 12.1 Å². The second kappa shape index (κ2) is 4.91. The molecule has 0 atom stereocenters. The van der Waals surface area contributed by atoms with Crippen LogP contribution in [0.2, 0.25) is 0 Å². The van der Waals surface area contributed by atoms with Crippen molar-refractivity contribution in [3.05, 3.63) is 42.2 Å². The average Bonchev–Trinajstić information content (AvgIpc) is 2.78. The van der Waals surface area contributed by atoms with Crippen molar-refractivity contribution < 1.29 is 4.74 Å². The van der Waals surface area contributed by atoms with Gasteiger partial charge in [0.25, 0.3) is 0 Å². The Morgan fingerprint density at radius 1 is 1.39 bits per heavy atom. The van der Waals surface area contributed by atoms with Crippen molar-refractivity contribution in [2.75, 3.05) is 0 Å². The molecule has 2 rings (SSSR count). The van der Waals surface area contributed by atoms with E-state index in [4.69, 9.17) is 15.9 Å². The number of nitrogen functional groups attached to an aromatic ring is 1. The number of hydrogen-bond donors (Lipinski definition) is 2. The van der Waals surface area contributed by atoms with Crippen molar-refractivity contribution in [1.29, 1.82) is 5.41 Å². The molecule has 0 aliphatic carbocycles. The van der Waals surface area contributed by atoms with Gasteiger partial charge in [0, 0.05) is 6.04 Å². The normalized spacial score (nSPS) is 10.6. The SMILES string of the molecule is CC(C)n1cc(Oc2ccccc2C(=N)N)cn1. The standard InChI is InChI=1S/C13H16N4O/c1-9(2)17-8-10(7-16-17)18-12-6-4-3-5-11(12)13(14)15/h3-9H,1-2H3,(H3,14,15). The number of amidine groups is 1. The Kier molecular flexibility index (Phi) is 3.32. The minimum atomic E-state index is -0.0122. The number of benzene rings is 1. The van der Waals surface area contributed by atoms with Crippen molar-refractivity contribution >= 4 is 5.84 Å². The van der Waals surface area contributed by atoms with Crippen molar-refractivity contribution in [2.24, 2.45) is 5.73 Å². The molecule has 5 heteroatoms. The first-order chi connectivity index (χ1) is 8.58. The Balaban J connectivity index is 2.25. The maximum absolute atomic E-state index is 7.49. The van der Waals surface area contributed by atoms with Crippen LogP contribution in [0.3, 0.4) is 0 Å². The number of nitrogens with two attached hydrogens (primary N) is 1. The van der Waals surface area contributed by atoms with Gasteiger partial charge in [-0.25, -0.2) is 0 Å². The van der Waals surface area contributed by atoms with Gasteiger partial charge >= 0.3 is 0 Å². The molecule has 18 heavy (non-hydrogen) atoms. The van der Waals surface area contributed by atoms with E-state index >= 15 is 0 Å². The second-order valence-corrected chi connectivity index (χ2v) is 4.26.